The van der Waals surface area contributed by atoms with Crippen LogP contribution in [0.15, 0.2) is 24.3 Å². The van der Waals surface area contributed by atoms with Crippen LogP contribution in [0.4, 0.5) is 13.9 Å². The molecule has 2 N–H and O–H groups in total. The fourth-order valence-corrected chi connectivity index (χ4v) is 3.28. The van der Waals surface area contributed by atoms with Gasteiger partial charge in [-0.1, -0.05) is 35.1 Å². The van der Waals surface area contributed by atoms with Gasteiger partial charge in [0, 0.05) is 17.9 Å². The van der Waals surface area contributed by atoms with Crippen molar-refractivity contribution in [3.05, 3.63) is 39.9 Å². The van der Waals surface area contributed by atoms with Gasteiger partial charge in [-0.05, 0) is 17.7 Å². The molecule has 10 heteroatoms. The lowest BCUT2D eigenvalue weighted by Gasteiger charge is -2.08. The summed E-state index contributed by atoms with van der Waals surface area (Å²) in [6, 6.07) is 6.45. The molecule has 5 nitrogen and oxygen atoms in total. The minimum atomic E-state index is -2.85. The van der Waals surface area contributed by atoms with Crippen molar-refractivity contribution in [2.24, 2.45) is 0 Å². The monoisotopic (exact) mass is 394 g/mol. The summed E-state index contributed by atoms with van der Waals surface area (Å²) in [7, 11) is 0. The summed E-state index contributed by atoms with van der Waals surface area (Å²) in [5.74, 6) is -3.37. The molecule has 0 radical (unpaired) electrons. The van der Waals surface area contributed by atoms with E-state index in [1.807, 2.05) is 18.2 Å². The van der Waals surface area contributed by atoms with E-state index in [9.17, 15) is 13.6 Å². The maximum Gasteiger partial charge on any atom is 0.262 e. The van der Waals surface area contributed by atoms with Gasteiger partial charge in [0.15, 0.2) is 0 Å². The van der Waals surface area contributed by atoms with Gasteiger partial charge in [0.1, 0.15) is 5.01 Å². The van der Waals surface area contributed by atoms with Crippen LogP contribution in [0.5, 0.6) is 0 Å². The highest BCUT2D eigenvalue weighted by Gasteiger charge is 2.42. The van der Waals surface area contributed by atoms with Gasteiger partial charge in [-0.3, -0.25) is 15.4 Å². The number of aromatic nitrogens is 2. The second-order valence-corrected chi connectivity index (χ2v) is 6.79. The van der Waals surface area contributed by atoms with Gasteiger partial charge in [0.05, 0.1) is 12.6 Å². The topological polar surface area (TPSA) is 66.9 Å². The van der Waals surface area contributed by atoms with E-state index in [0.717, 1.165) is 5.56 Å². The van der Waals surface area contributed by atoms with E-state index in [1.165, 1.54) is 11.3 Å². The number of nitrogens with zero attached hydrogens (tertiary/aromatic N) is 2. The molecule has 0 aliphatic carbocycles. The molecular formula is C14H14Cl2F2N4OS. The Morgan fingerprint density at radius 2 is 2.25 bits per heavy atom. The number of carbonyl (C=O) groups excluding carboxylic acids is 1. The van der Waals surface area contributed by atoms with Gasteiger partial charge in [-0.2, -0.15) is 0 Å². The number of rotatable bonds is 4. The smallest absolute Gasteiger partial charge is 0.262 e. The number of benzene rings is 1. The highest BCUT2D eigenvalue weighted by Crippen LogP contribution is 2.26. The van der Waals surface area contributed by atoms with E-state index in [0.29, 0.717) is 21.6 Å². The minimum Gasteiger partial charge on any atom is -0.300 e. The molecule has 1 fully saturated rings. The fraction of sp³-hybridized carbons (Fsp3) is 0.357. The molecule has 24 heavy (non-hydrogen) atoms. The van der Waals surface area contributed by atoms with Crippen LogP contribution >= 0.6 is 35.3 Å². The van der Waals surface area contributed by atoms with Crippen LogP contribution in [-0.4, -0.2) is 34.6 Å². The summed E-state index contributed by atoms with van der Waals surface area (Å²) < 4.78 is 26.2. The maximum absolute atomic E-state index is 13.1. The molecule has 2 aromatic rings. The lowest BCUT2D eigenvalue weighted by Crippen LogP contribution is -2.35. The molecule has 1 unspecified atom stereocenters. The van der Waals surface area contributed by atoms with Crippen LogP contribution in [0.1, 0.15) is 17.0 Å². The molecular weight excluding hydrogens is 381 g/mol. The first kappa shape index (κ1) is 19.0. The Labute approximate surface area is 152 Å². The normalized spacial score (nSPS) is 18.9. The maximum atomic E-state index is 13.1. The SMILES string of the molecule is Cl.O=C(Nc1nnc(Cc2cccc(Cl)c2)s1)C1CC(F)(F)CN1. The van der Waals surface area contributed by atoms with Crippen molar-refractivity contribution in [1.29, 1.82) is 0 Å². The number of anilines is 1. The average Bonchev–Trinajstić information content (AvgIpc) is 3.05. The number of amides is 1. The third-order valence-corrected chi connectivity index (χ3v) is 4.44. The van der Waals surface area contributed by atoms with Gasteiger partial charge in [0.25, 0.3) is 5.92 Å². The third-order valence-electron chi connectivity index (χ3n) is 3.37. The standard InChI is InChI=1S/C14H13ClF2N4OS.ClH/c15-9-3-1-2-8(4-9)5-11-20-21-13(23-11)19-12(22)10-6-14(16,17)7-18-10;/h1-4,10,18H,5-7H2,(H,19,21,22);1H. The molecule has 130 valence electrons. The van der Waals surface area contributed by atoms with Crippen molar-refractivity contribution in [2.75, 3.05) is 11.9 Å². The lowest BCUT2D eigenvalue weighted by atomic mass is 10.2. The van der Waals surface area contributed by atoms with Gasteiger partial charge >= 0.3 is 0 Å². The molecule has 1 atom stereocenters. The van der Waals surface area contributed by atoms with Crippen molar-refractivity contribution in [2.45, 2.75) is 24.8 Å². The third kappa shape index (κ3) is 4.83. The van der Waals surface area contributed by atoms with Crippen LogP contribution < -0.4 is 10.6 Å². The number of carbonyl (C=O) groups is 1. The molecule has 1 amide bonds. The summed E-state index contributed by atoms with van der Waals surface area (Å²) in [6.45, 7) is -0.485. The van der Waals surface area contributed by atoms with Crippen molar-refractivity contribution >= 4 is 46.4 Å². The number of nitrogens with one attached hydrogen (secondary N) is 2. The van der Waals surface area contributed by atoms with Gasteiger partial charge in [-0.15, -0.1) is 22.6 Å². The highest BCUT2D eigenvalue weighted by atomic mass is 35.5. The van der Waals surface area contributed by atoms with Crippen LogP contribution in [0.3, 0.4) is 0 Å². The quantitative estimate of drug-likeness (QED) is 0.835. The first-order valence-corrected chi connectivity index (χ1v) is 8.10. The number of halogens is 4. The Morgan fingerprint density at radius 3 is 2.92 bits per heavy atom. The average molecular weight is 395 g/mol. The van der Waals surface area contributed by atoms with Crippen LogP contribution in [0, 0.1) is 0 Å². The lowest BCUT2D eigenvalue weighted by molar-refractivity contribution is -0.118. The number of alkyl halides is 2. The molecule has 1 aromatic heterocycles. The molecule has 1 aromatic carbocycles. The van der Waals surface area contributed by atoms with E-state index < -0.39 is 30.8 Å². The van der Waals surface area contributed by atoms with Crippen molar-refractivity contribution in [3.63, 3.8) is 0 Å². The van der Waals surface area contributed by atoms with E-state index in [-0.39, 0.29) is 12.4 Å². The Bertz CT molecular complexity index is 728. The summed E-state index contributed by atoms with van der Waals surface area (Å²) in [6.07, 6.45) is 0.0286. The van der Waals surface area contributed by atoms with Crippen LogP contribution in [0.2, 0.25) is 5.02 Å². The molecule has 1 saturated heterocycles. The van der Waals surface area contributed by atoms with Crippen LogP contribution in [-0.2, 0) is 11.2 Å². The number of hydrogen-bond acceptors (Lipinski definition) is 5. The zero-order valence-electron chi connectivity index (χ0n) is 12.3. The second-order valence-electron chi connectivity index (χ2n) is 5.29. The highest BCUT2D eigenvalue weighted by molar-refractivity contribution is 7.15. The molecule has 1 aliphatic rings. The zero-order chi connectivity index (χ0) is 16.4. The van der Waals surface area contributed by atoms with Crippen molar-refractivity contribution in [1.82, 2.24) is 15.5 Å². The summed E-state index contributed by atoms with van der Waals surface area (Å²) in [5, 5.41) is 14.5. The van der Waals surface area contributed by atoms with E-state index in [2.05, 4.69) is 20.8 Å². The molecule has 3 rings (SSSR count). The Balaban J connectivity index is 0.00000208. The predicted molar refractivity (Wildman–Crippen MR) is 91.4 cm³/mol. The van der Waals surface area contributed by atoms with Gasteiger partial charge < -0.3 is 0 Å². The first-order chi connectivity index (χ1) is 10.9. The molecule has 0 bridgehead atoms. The molecule has 0 saturated carbocycles. The number of hydrogen-bond donors (Lipinski definition) is 2. The predicted octanol–water partition coefficient (Wildman–Crippen LogP) is 3.14. The van der Waals surface area contributed by atoms with E-state index in [1.54, 1.807) is 6.07 Å². The summed E-state index contributed by atoms with van der Waals surface area (Å²) >= 11 is 7.13. The largest absolute Gasteiger partial charge is 0.300 e. The second kappa shape index (κ2) is 7.69. The van der Waals surface area contributed by atoms with Crippen molar-refractivity contribution in [3.8, 4) is 0 Å². The van der Waals surface area contributed by atoms with Gasteiger partial charge in [-0.25, -0.2) is 8.78 Å². The Kier molecular flexibility index (Phi) is 6.08. The summed E-state index contributed by atoms with van der Waals surface area (Å²) in [4.78, 5) is 11.9. The fourth-order valence-electron chi connectivity index (χ4n) is 2.29. The first-order valence-electron chi connectivity index (χ1n) is 6.90. The van der Waals surface area contributed by atoms with Crippen molar-refractivity contribution < 1.29 is 13.6 Å². The van der Waals surface area contributed by atoms with E-state index >= 15 is 0 Å². The Morgan fingerprint density at radius 1 is 1.46 bits per heavy atom. The molecule has 1 aliphatic heterocycles. The Hall–Kier alpha value is -1.35. The summed E-state index contributed by atoms with van der Waals surface area (Å²) in [5.41, 5.74) is 0.976. The molecule has 0 spiro atoms. The van der Waals surface area contributed by atoms with E-state index in [4.69, 9.17) is 11.6 Å². The minimum absolute atomic E-state index is 0. The zero-order valence-corrected chi connectivity index (χ0v) is 14.7. The molecule has 2 heterocycles. The van der Waals surface area contributed by atoms with Gasteiger partial charge in [0.2, 0.25) is 11.0 Å². The van der Waals surface area contributed by atoms with Crippen LogP contribution in [0.25, 0.3) is 0 Å².